The highest BCUT2D eigenvalue weighted by molar-refractivity contribution is 5.91. The number of methoxy groups -OCH3 is 1. The predicted octanol–water partition coefficient (Wildman–Crippen LogP) is 1.60. The zero-order valence-electron chi connectivity index (χ0n) is 13.5. The lowest BCUT2D eigenvalue weighted by Crippen LogP contribution is -2.26. The van der Waals surface area contributed by atoms with Crippen molar-refractivity contribution in [2.24, 2.45) is 7.05 Å². The first-order valence-electron chi connectivity index (χ1n) is 7.27. The van der Waals surface area contributed by atoms with Crippen molar-refractivity contribution >= 4 is 12.0 Å². The van der Waals surface area contributed by atoms with E-state index in [1.807, 2.05) is 14.0 Å². The van der Waals surface area contributed by atoms with Gasteiger partial charge in [-0.2, -0.15) is 5.10 Å². The first-order valence-corrected chi connectivity index (χ1v) is 7.27. The number of ether oxygens (including phenoxy) is 1. The highest BCUT2D eigenvalue weighted by atomic mass is 16.5. The number of nitrogens with zero attached hydrogens (tertiary/aromatic N) is 2. The molecule has 0 aliphatic heterocycles. The van der Waals surface area contributed by atoms with Crippen molar-refractivity contribution in [1.29, 1.82) is 0 Å². The van der Waals surface area contributed by atoms with Gasteiger partial charge in [0.05, 0.1) is 19.4 Å². The van der Waals surface area contributed by atoms with Crippen molar-refractivity contribution < 1.29 is 14.6 Å². The Labute approximate surface area is 135 Å². The van der Waals surface area contributed by atoms with Crippen LogP contribution in [0.4, 0.5) is 0 Å². The minimum absolute atomic E-state index is 0.127. The highest BCUT2D eigenvalue weighted by Crippen LogP contribution is 2.18. The zero-order chi connectivity index (χ0) is 16.8. The van der Waals surface area contributed by atoms with Crippen LogP contribution in [0, 0.1) is 6.92 Å². The van der Waals surface area contributed by atoms with Crippen molar-refractivity contribution in [2.45, 2.75) is 13.0 Å². The summed E-state index contributed by atoms with van der Waals surface area (Å²) < 4.78 is 6.85. The first kappa shape index (κ1) is 16.8. The fourth-order valence-electron chi connectivity index (χ4n) is 2.07. The number of nitrogens with one attached hydrogen (secondary N) is 1. The van der Waals surface area contributed by atoms with E-state index in [1.165, 1.54) is 6.08 Å². The minimum atomic E-state index is -0.789. The molecule has 2 rings (SSSR count). The van der Waals surface area contributed by atoms with E-state index in [-0.39, 0.29) is 12.5 Å². The van der Waals surface area contributed by atoms with Gasteiger partial charge in [-0.3, -0.25) is 9.48 Å². The fraction of sp³-hybridized carbons (Fsp3) is 0.294. The molecule has 2 N–H and O–H groups in total. The number of rotatable bonds is 6. The maximum Gasteiger partial charge on any atom is 0.244 e. The van der Waals surface area contributed by atoms with Crippen LogP contribution in [-0.4, -0.2) is 34.4 Å². The maximum absolute atomic E-state index is 11.8. The number of amides is 1. The van der Waals surface area contributed by atoms with Crippen molar-refractivity contribution in [3.8, 4) is 5.75 Å². The second kappa shape index (κ2) is 7.60. The van der Waals surface area contributed by atoms with Crippen molar-refractivity contribution in [3.05, 3.63) is 53.4 Å². The summed E-state index contributed by atoms with van der Waals surface area (Å²) in [5.74, 6) is 0.398. The van der Waals surface area contributed by atoms with Gasteiger partial charge in [0.2, 0.25) is 5.91 Å². The van der Waals surface area contributed by atoms with Gasteiger partial charge in [0.1, 0.15) is 5.75 Å². The van der Waals surface area contributed by atoms with Crippen LogP contribution in [0.25, 0.3) is 6.08 Å². The van der Waals surface area contributed by atoms with Crippen LogP contribution in [0.3, 0.4) is 0 Å². The smallest absolute Gasteiger partial charge is 0.244 e. The molecule has 1 aromatic carbocycles. The summed E-state index contributed by atoms with van der Waals surface area (Å²) in [6, 6.07) is 7.12. The molecule has 0 spiro atoms. The molecule has 1 aromatic heterocycles. The van der Waals surface area contributed by atoms with E-state index >= 15 is 0 Å². The van der Waals surface area contributed by atoms with Gasteiger partial charge in [-0.15, -0.1) is 0 Å². The summed E-state index contributed by atoms with van der Waals surface area (Å²) in [5.41, 5.74) is 2.55. The van der Waals surface area contributed by atoms with Crippen LogP contribution < -0.4 is 10.1 Å². The maximum atomic E-state index is 11.8. The second-order valence-electron chi connectivity index (χ2n) is 5.18. The number of aryl methyl sites for hydroxylation is 1. The van der Waals surface area contributed by atoms with Crippen LogP contribution in [0.5, 0.6) is 5.75 Å². The van der Waals surface area contributed by atoms with E-state index in [0.717, 1.165) is 11.3 Å². The lowest BCUT2D eigenvalue weighted by atomic mass is 10.1. The molecule has 0 aliphatic carbocycles. The predicted molar refractivity (Wildman–Crippen MR) is 87.9 cm³/mol. The standard InChI is InChI=1S/C17H21N3O3/c1-12-14(10-19-20(12)2)7-8-17(22)18-11-16(21)13-5-4-6-15(9-13)23-3/h4-10,16,21H,11H2,1-3H3,(H,18,22)/b8-7+. The Morgan fingerprint density at radius 3 is 2.96 bits per heavy atom. The molecular weight excluding hydrogens is 294 g/mol. The van der Waals surface area contributed by atoms with Gasteiger partial charge in [0.15, 0.2) is 0 Å². The molecule has 1 atom stereocenters. The lowest BCUT2D eigenvalue weighted by Gasteiger charge is -2.12. The molecule has 6 heteroatoms. The van der Waals surface area contributed by atoms with Crippen molar-refractivity contribution in [1.82, 2.24) is 15.1 Å². The monoisotopic (exact) mass is 315 g/mol. The summed E-state index contributed by atoms with van der Waals surface area (Å²) in [7, 11) is 3.41. The van der Waals surface area contributed by atoms with Crippen molar-refractivity contribution in [2.75, 3.05) is 13.7 Å². The first-order chi connectivity index (χ1) is 11.0. The fourth-order valence-corrected chi connectivity index (χ4v) is 2.07. The molecule has 0 fully saturated rings. The average molecular weight is 315 g/mol. The van der Waals surface area contributed by atoms with Gasteiger partial charge in [0.25, 0.3) is 0 Å². The van der Waals surface area contributed by atoms with Crippen molar-refractivity contribution in [3.63, 3.8) is 0 Å². The molecule has 0 bridgehead atoms. The Balaban J connectivity index is 1.89. The number of carbonyl (C=O) groups excluding carboxylic acids is 1. The van der Waals surface area contributed by atoms with Crippen LogP contribution in [0.1, 0.15) is 22.9 Å². The summed E-state index contributed by atoms with van der Waals surface area (Å²) in [6.07, 6.45) is 4.05. The van der Waals surface area contributed by atoms with E-state index < -0.39 is 6.10 Å². The van der Waals surface area contributed by atoms with Crippen LogP contribution in [-0.2, 0) is 11.8 Å². The largest absolute Gasteiger partial charge is 0.497 e. The number of aliphatic hydroxyl groups is 1. The van der Waals surface area contributed by atoms with E-state index in [4.69, 9.17) is 4.74 Å². The molecule has 0 radical (unpaired) electrons. The molecule has 1 amide bonds. The molecule has 122 valence electrons. The van der Waals surface area contributed by atoms with E-state index in [9.17, 15) is 9.90 Å². The van der Waals surface area contributed by atoms with E-state index in [1.54, 1.807) is 48.3 Å². The number of carbonyl (C=O) groups is 1. The quantitative estimate of drug-likeness (QED) is 0.794. The van der Waals surface area contributed by atoms with Gasteiger partial charge in [-0.25, -0.2) is 0 Å². The number of aliphatic hydroxyl groups excluding tert-OH is 1. The second-order valence-corrected chi connectivity index (χ2v) is 5.18. The summed E-state index contributed by atoms with van der Waals surface area (Å²) in [5, 5.41) is 16.9. The van der Waals surface area contributed by atoms with Crippen LogP contribution in [0.15, 0.2) is 36.5 Å². The third-order valence-electron chi connectivity index (χ3n) is 3.64. The summed E-state index contributed by atoms with van der Waals surface area (Å²) in [6.45, 7) is 2.06. The molecule has 0 aliphatic rings. The topological polar surface area (TPSA) is 76.4 Å². The Bertz CT molecular complexity index is 707. The third kappa shape index (κ3) is 4.43. The molecular formula is C17H21N3O3. The minimum Gasteiger partial charge on any atom is -0.497 e. The number of hydrogen-bond acceptors (Lipinski definition) is 4. The molecule has 0 saturated carbocycles. The zero-order valence-corrected chi connectivity index (χ0v) is 13.5. The van der Waals surface area contributed by atoms with Crippen LogP contribution >= 0.6 is 0 Å². The van der Waals surface area contributed by atoms with Gasteiger partial charge in [-0.05, 0) is 30.7 Å². The average Bonchev–Trinajstić information content (AvgIpc) is 2.89. The molecule has 23 heavy (non-hydrogen) atoms. The molecule has 6 nitrogen and oxygen atoms in total. The SMILES string of the molecule is COc1cccc(C(O)CNC(=O)/C=C/c2cnn(C)c2C)c1. The summed E-state index contributed by atoms with van der Waals surface area (Å²) in [4.78, 5) is 11.8. The number of benzene rings is 1. The van der Waals surface area contributed by atoms with E-state index in [2.05, 4.69) is 10.4 Å². The number of hydrogen-bond donors (Lipinski definition) is 2. The Hall–Kier alpha value is -2.60. The highest BCUT2D eigenvalue weighted by Gasteiger charge is 2.09. The molecule has 0 saturated heterocycles. The molecule has 1 unspecified atom stereocenters. The van der Waals surface area contributed by atoms with Crippen LogP contribution in [0.2, 0.25) is 0 Å². The molecule has 2 aromatic rings. The lowest BCUT2D eigenvalue weighted by molar-refractivity contribution is -0.116. The summed E-state index contributed by atoms with van der Waals surface area (Å²) >= 11 is 0. The van der Waals surface area contributed by atoms with Gasteiger partial charge < -0.3 is 15.2 Å². The van der Waals surface area contributed by atoms with Gasteiger partial charge in [-0.1, -0.05) is 12.1 Å². The molecule has 1 heterocycles. The normalized spacial score (nSPS) is 12.3. The Kier molecular flexibility index (Phi) is 5.54. The van der Waals surface area contributed by atoms with Gasteiger partial charge >= 0.3 is 0 Å². The third-order valence-corrected chi connectivity index (χ3v) is 3.64. The Morgan fingerprint density at radius 1 is 1.52 bits per heavy atom. The van der Waals surface area contributed by atoms with E-state index in [0.29, 0.717) is 11.3 Å². The Morgan fingerprint density at radius 2 is 2.30 bits per heavy atom. The van der Waals surface area contributed by atoms with Gasteiger partial charge in [0, 0.05) is 30.9 Å². The number of aromatic nitrogens is 2.